The van der Waals surface area contributed by atoms with Gasteiger partial charge in [0.1, 0.15) is 18.0 Å². The van der Waals surface area contributed by atoms with Crippen molar-refractivity contribution in [1.82, 2.24) is 5.32 Å². The Bertz CT molecular complexity index is 566. The normalized spacial score (nSPS) is 11.9. The maximum absolute atomic E-state index is 11.7. The summed E-state index contributed by atoms with van der Waals surface area (Å²) in [7, 11) is 0. The van der Waals surface area contributed by atoms with Crippen LogP contribution >= 0.6 is 0 Å². The van der Waals surface area contributed by atoms with Gasteiger partial charge >= 0.3 is 12.1 Å². The molecular formula is C16H19NO5. The summed E-state index contributed by atoms with van der Waals surface area (Å²) in [5.74, 6) is 1.65. The van der Waals surface area contributed by atoms with Gasteiger partial charge in [-0.2, -0.15) is 0 Å². The first kappa shape index (κ1) is 17.4. The summed E-state index contributed by atoms with van der Waals surface area (Å²) >= 11 is 0. The lowest BCUT2D eigenvalue weighted by molar-refractivity contribution is -0.139. The monoisotopic (exact) mass is 305 g/mol. The molecule has 118 valence electrons. The molecule has 1 amide bonds. The number of carboxylic acids is 1. The SMILES string of the molecule is C#CCOc1ccc(C(NC(=O)OC(C)(C)C)C(=O)O)cc1. The molecule has 0 aliphatic rings. The summed E-state index contributed by atoms with van der Waals surface area (Å²) in [4.78, 5) is 23.0. The van der Waals surface area contributed by atoms with Crippen LogP contribution < -0.4 is 10.1 Å². The second-order valence-corrected chi connectivity index (χ2v) is 5.48. The molecule has 1 aromatic carbocycles. The number of terminal acetylenes is 1. The van der Waals surface area contributed by atoms with E-state index in [0.29, 0.717) is 11.3 Å². The van der Waals surface area contributed by atoms with E-state index in [4.69, 9.17) is 15.9 Å². The lowest BCUT2D eigenvalue weighted by Crippen LogP contribution is -2.38. The van der Waals surface area contributed by atoms with E-state index in [-0.39, 0.29) is 6.61 Å². The molecule has 0 saturated carbocycles. The number of ether oxygens (including phenoxy) is 2. The van der Waals surface area contributed by atoms with Crippen LogP contribution in [0.1, 0.15) is 32.4 Å². The number of hydrogen-bond acceptors (Lipinski definition) is 4. The van der Waals surface area contributed by atoms with Crippen LogP contribution in [0.2, 0.25) is 0 Å². The summed E-state index contributed by atoms with van der Waals surface area (Å²) in [6, 6.07) is 5.04. The minimum absolute atomic E-state index is 0.123. The van der Waals surface area contributed by atoms with Crippen LogP contribution in [0, 0.1) is 12.3 Å². The quantitative estimate of drug-likeness (QED) is 0.816. The van der Waals surface area contributed by atoms with E-state index in [9.17, 15) is 14.7 Å². The molecule has 0 fully saturated rings. The molecule has 0 aliphatic heterocycles. The van der Waals surface area contributed by atoms with Crippen molar-refractivity contribution in [1.29, 1.82) is 0 Å². The van der Waals surface area contributed by atoms with Crippen molar-refractivity contribution in [2.75, 3.05) is 6.61 Å². The fourth-order valence-corrected chi connectivity index (χ4v) is 1.59. The average molecular weight is 305 g/mol. The number of rotatable bonds is 5. The molecule has 0 aromatic heterocycles. The highest BCUT2D eigenvalue weighted by molar-refractivity contribution is 5.81. The lowest BCUT2D eigenvalue weighted by atomic mass is 10.1. The van der Waals surface area contributed by atoms with Gasteiger partial charge in [0.2, 0.25) is 0 Å². The van der Waals surface area contributed by atoms with Gasteiger partial charge in [-0.1, -0.05) is 18.1 Å². The number of benzene rings is 1. The number of aliphatic carboxylic acids is 1. The van der Waals surface area contributed by atoms with E-state index in [2.05, 4.69) is 11.2 Å². The Morgan fingerprint density at radius 3 is 2.36 bits per heavy atom. The number of carbonyl (C=O) groups is 2. The Hall–Kier alpha value is -2.68. The topological polar surface area (TPSA) is 84.9 Å². The van der Waals surface area contributed by atoms with Crippen LogP contribution in [-0.4, -0.2) is 29.4 Å². The fourth-order valence-electron chi connectivity index (χ4n) is 1.59. The first-order valence-electron chi connectivity index (χ1n) is 6.61. The number of alkyl carbamates (subject to hydrolysis) is 1. The Morgan fingerprint density at radius 1 is 1.32 bits per heavy atom. The number of hydrogen-bond donors (Lipinski definition) is 2. The molecule has 0 aliphatic carbocycles. The van der Waals surface area contributed by atoms with E-state index >= 15 is 0 Å². The summed E-state index contributed by atoms with van der Waals surface area (Å²) in [5.41, 5.74) is -0.313. The fraction of sp³-hybridized carbons (Fsp3) is 0.375. The number of nitrogens with one attached hydrogen (secondary N) is 1. The van der Waals surface area contributed by atoms with Crippen molar-refractivity contribution in [2.24, 2.45) is 0 Å². The minimum atomic E-state index is -1.21. The van der Waals surface area contributed by atoms with E-state index in [1.807, 2.05) is 0 Å². The number of carboxylic acid groups (broad SMARTS) is 1. The predicted molar refractivity (Wildman–Crippen MR) is 80.5 cm³/mol. The van der Waals surface area contributed by atoms with Gasteiger partial charge in [-0.05, 0) is 38.5 Å². The maximum Gasteiger partial charge on any atom is 0.408 e. The molecule has 1 aromatic rings. The predicted octanol–water partition coefficient (Wildman–Crippen LogP) is 2.35. The lowest BCUT2D eigenvalue weighted by Gasteiger charge is -2.22. The summed E-state index contributed by atoms with van der Waals surface area (Å²) in [6.45, 7) is 5.21. The van der Waals surface area contributed by atoms with Gasteiger partial charge in [-0.25, -0.2) is 9.59 Å². The first-order chi connectivity index (χ1) is 10.2. The largest absolute Gasteiger partial charge is 0.481 e. The zero-order valence-electron chi connectivity index (χ0n) is 12.8. The van der Waals surface area contributed by atoms with Crippen molar-refractivity contribution in [3.05, 3.63) is 29.8 Å². The molecule has 1 atom stereocenters. The third-order valence-corrected chi connectivity index (χ3v) is 2.44. The average Bonchev–Trinajstić information content (AvgIpc) is 2.41. The van der Waals surface area contributed by atoms with Crippen molar-refractivity contribution < 1.29 is 24.2 Å². The van der Waals surface area contributed by atoms with Crippen molar-refractivity contribution in [3.63, 3.8) is 0 Å². The summed E-state index contributed by atoms with van der Waals surface area (Å²) < 4.78 is 10.3. The summed E-state index contributed by atoms with van der Waals surface area (Å²) in [6.07, 6.45) is 4.29. The van der Waals surface area contributed by atoms with E-state index in [1.54, 1.807) is 45.0 Å². The second kappa shape index (κ2) is 7.36. The Labute approximate surface area is 129 Å². The van der Waals surface area contributed by atoms with Gasteiger partial charge in [0.15, 0.2) is 6.04 Å². The molecule has 1 unspecified atom stereocenters. The first-order valence-corrected chi connectivity index (χ1v) is 6.61. The highest BCUT2D eigenvalue weighted by Crippen LogP contribution is 2.19. The van der Waals surface area contributed by atoms with Crippen LogP contribution in [-0.2, 0) is 9.53 Å². The smallest absolute Gasteiger partial charge is 0.408 e. The second-order valence-electron chi connectivity index (χ2n) is 5.48. The van der Waals surface area contributed by atoms with Crippen LogP contribution in [0.5, 0.6) is 5.75 Å². The van der Waals surface area contributed by atoms with Crippen LogP contribution in [0.15, 0.2) is 24.3 Å². The van der Waals surface area contributed by atoms with E-state index in [1.165, 1.54) is 0 Å². The number of amides is 1. The highest BCUT2D eigenvalue weighted by atomic mass is 16.6. The number of carbonyl (C=O) groups excluding carboxylic acids is 1. The molecule has 6 heteroatoms. The van der Waals surface area contributed by atoms with Gasteiger partial charge in [0, 0.05) is 0 Å². The molecule has 0 bridgehead atoms. The Morgan fingerprint density at radius 2 is 1.91 bits per heavy atom. The van der Waals surface area contributed by atoms with Crippen molar-refractivity contribution in [2.45, 2.75) is 32.4 Å². The van der Waals surface area contributed by atoms with Crippen LogP contribution in [0.25, 0.3) is 0 Å². The van der Waals surface area contributed by atoms with Gasteiger partial charge in [-0.15, -0.1) is 6.42 Å². The molecule has 0 radical (unpaired) electrons. The molecule has 0 spiro atoms. The third kappa shape index (κ3) is 5.75. The zero-order valence-corrected chi connectivity index (χ0v) is 12.8. The van der Waals surface area contributed by atoms with E-state index < -0.39 is 23.7 Å². The van der Waals surface area contributed by atoms with Gasteiger partial charge < -0.3 is 19.9 Å². The molecular weight excluding hydrogens is 286 g/mol. The molecule has 2 N–H and O–H groups in total. The zero-order chi connectivity index (χ0) is 16.8. The Balaban J connectivity index is 2.81. The Kier molecular flexibility index (Phi) is 5.81. The van der Waals surface area contributed by atoms with Crippen molar-refractivity contribution in [3.8, 4) is 18.1 Å². The minimum Gasteiger partial charge on any atom is -0.481 e. The van der Waals surface area contributed by atoms with Gasteiger partial charge in [-0.3, -0.25) is 0 Å². The third-order valence-electron chi connectivity index (χ3n) is 2.44. The molecule has 1 rings (SSSR count). The molecule has 6 nitrogen and oxygen atoms in total. The highest BCUT2D eigenvalue weighted by Gasteiger charge is 2.25. The van der Waals surface area contributed by atoms with Crippen LogP contribution in [0.3, 0.4) is 0 Å². The standard InChI is InChI=1S/C16H19NO5/c1-5-10-21-12-8-6-11(7-9-12)13(14(18)19)17-15(20)22-16(2,3)4/h1,6-9,13H,10H2,2-4H3,(H,17,20)(H,18,19). The maximum atomic E-state index is 11.7. The molecule has 22 heavy (non-hydrogen) atoms. The van der Waals surface area contributed by atoms with Crippen molar-refractivity contribution >= 4 is 12.1 Å². The van der Waals surface area contributed by atoms with Gasteiger partial charge in [0.25, 0.3) is 0 Å². The van der Waals surface area contributed by atoms with Gasteiger partial charge in [0.05, 0.1) is 0 Å². The van der Waals surface area contributed by atoms with E-state index in [0.717, 1.165) is 0 Å². The molecule has 0 saturated heterocycles. The van der Waals surface area contributed by atoms with Crippen LogP contribution in [0.4, 0.5) is 4.79 Å². The molecule has 0 heterocycles. The summed E-state index contributed by atoms with van der Waals surface area (Å²) in [5, 5.41) is 11.6.